The van der Waals surface area contributed by atoms with Crippen molar-refractivity contribution < 1.29 is 27.6 Å². The van der Waals surface area contributed by atoms with Crippen molar-refractivity contribution in [1.29, 1.82) is 0 Å². The van der Waals surface area contributed by atoms with Gasteiger partial charge in [-0.1, -0.05) is 48.0 Å². The van der Waals surface area contributed by atoms with Crippen molar-refractivity contribution in [2.24, 2.45) is 0 Å². The third-order valence-corrected chi connectivity index (χ3v) is 12.8. The molecule has 2 heterocycles. The van der Waals surface area contributed by atoms with Gasteiger partial charge in [-0.25, -0.2) is 13.1 Å². The number of nitro groups is 1. The highest BCUT2D eigenvalue weighted by Crippen LogP contribution is 2.34. The van der Waals surface area contributed by atoms with Crippen LogP contribution >= 0.6 is 11.6 Å². The van der Waals surface area contributed by atoms with E-state index in [9.17, 15) is 23.3 Å². The molecule has 0 atom stereocenters. The van der Waals surface area contributed by atoms with Gasteiger partial charge >= 0.3 is 0 Å². The van der Waals surface area contributed by atoms with Gasteiger partial charge in [0.05, 0.1) is 15.4 Å². The van der Waals surface area contributed by atoms with Crippen LogP contribution in [0, 0.1) is 10.1 Å². The number of carbonyl (C=O) groups excluding carboxylic acids is 1. The van der Waals surface area contributed by atoms with Crippen LogP contribution in [0.15, 0.2) is 114 Å². The number of likely N-dealkylation sites (N-methyl/N-ethyl adjacent to an activating group) is 1. The highest BCUT2D eigenvalue weighted by molar-refractivity contribution is 7.90. The Morgan fingerprint density at radius 1 is 0.841 bits per heavy atom. The number of hydrogen-bond acceptors (Lipinski definition) is 12. The predicted molar refractivity (Wildman–Crippen MR) is 248 cm³/mol. The van der Waals surface area contributed by atoms with E-state index in [-0.39, 0.29) is 17.0 Å². The summed E-state index contributed by atoms with van der Waals surface area (Å²) >= 11 is 6.23. The Bertz CT molecular complexity index is 2460. The molecule has 2 saturated heterocycles. The molecule has 0 radical (unpaired) electrons. The number of hydrogen-bond donors (Lipinski definition) is 2. The molecule has 5 aromatic rings. The number of nitrogens with one attached hydrogen (secondary N) is 2. The largest absolute Gasteiger partial charge is 0.492 e. The first-order valence-electron chi connectivity index (χ1n) is 21.2. The van der Waals surface area contributed by atoms with E-state index in [1.807, 2.05) is 50.5 Å². The highest BCUT2D eigenvalue weighted by atomic mass is 35.5. The zero-order chi connectivity index (χ0) is 44.3. The number of piperazine rings is 1. The lowest BCUT2D eigenvalue weighted by Gasteiger charge is -2.36. The van der Waals surface area contributed by atoms with Gasteiger partial charge in [0.1, 0.15) is 29.5 Å². The van der Waals surface area contributed by atoms with Crippen LogP contribution in [0.5, 0.6) is 17.2 Å². The molecular formula is C47H54ClN7O7S. The van der Waals surface area contributed by atoms with Gasteiger partial charge in [-0.05, 0) is 130 Å². The maximum absolute atomic E-state index is 13.8. The van der Waals surface area contributed by atoms with Crippen LogP contribution in [-0.2, 0) is 16.6 Å². The molecule has 0 bridgehead atoms. The van der Waals surface area contributed by atoms with E-state index >= 15 is 0 Å². The molecule has 0 aromatic heterocycles. The zero-order valence-electron chi connectivity index (χ0n) is 35.7. The maximum Gasteiger partial charge on any atom is 0.293 e. The summed E-state index contributed by atoms with van der Waals surface area (Å²) in [6, 6.07) is 31.6. The lowest BCUT2D eigenvalue weighted by Crippen LogP contribution is -2.46. The Hall–Kier alpha value is -5.71. The Morgan fingerprint density at radius 3 is 2.30 bits per heavy atom. The predicted octanol–water partition coefficient (Wildman–Crippen LogP) is 7.99. The first kappa shape index (κ1) is 45.3. The van der Waals surface area contributed by atoms with E-state index in [4.69, 9.17) is 21.1 Å². The number of rotatable bonds is 19. The van der Waals surface area contributed by atoms with Crippen LogP contribution in [0.4, 0.5) is 17.1 Å². The van der Waals surface area contributed by atoms with Crippen LogP contribution in [0.25, 0.3) is 11.1 Å². The molecule has 332 valence electrons. The van der Waals surface area contributed by atoms with E-state index in [1.54, 1.807) is 42.5 Å². The summed E-state index contributed by atoms with van der Waals surface area (Å²) in [6.45, 7) is 8.43. The fourth-order valence-corrected chi connectivity index (χ4v) is 8.91. The van der Waals surface area contributed by atoms with Crippen molar-refractivity contribution in [2.75, 3.05) is 89.8 Å². The molecule has 7 rings (SSSR count). The average Bonchev–Trinajstić information content (AvgIpc) is 3.80. The molecule has 0 spiro atoms. The van der Waals surface area contributed by atoms with Crippen molar-refractivity contribution in [3.05, 3.63) is 135 Å². The van der Waals surface area contributed by atoms with Crippen molar-refractivity contribution in [3.63, 3.8) is 0 Å². The zero-order valence-corrected chi connectivity index (χ0v) is 37.2. The number of nitrogens with zero attached hydrogens (tertiary/aromatic N) is 5. The summed E-state index contributed by atoms with van der Waals surface area (Å²) in [5, 5.41) is 15.8. The molecule has 5 aromatic carbocycles. The van der Waals surface area contributed by atoms with Gasteiger partial charge in [-0.2, -0.15) is 0 Å². The summed E-state index contributed by atoms with van der Waals surface area (Å²) in [5.74, 6) is 0.497. The molecule has 0 unspecified atom stereocenters. The number of ether oxygens (including phenoxy) is 2. The Labute approximate surface area is 374 Å². The number of likely N-dealkylation sites (tertiary alicyclic amines) is 1. The number of nitro benzene ring substituents is 1. The second kappa shape index (κ2) is 21.1. The summed E-state index contributed by atoms with van der Waals surface area (Å²) in [4.78, 5) is 33.9. The van der Waals surface area contributed by atoms with E-state index in [2.05, 4.69) is 41.8 Å². The van der Waals surface area contributed by atoms with Crippen LogP contribution in [-0.4, -0.2) is 114 Å². The minimum atomic E-state index is -4.53. The Morgan fingerprint density at radius 2 is 1.59 bits per heavy atom. The van der Waals surface area contributed by atoms with Gasteiger partial charge in [0.15, 0.2) is 0 Å². The number of anilines is 2. The molecular weight excluding hydrogens is 842 g/mol. The van der Waals surface area contributed by atoms with Gasteiger partial charge in [0.2, 0.25) is 0 Å². The van der Waals surface area contributed by atoms with Crippen LogP contribution < -0.4 is 24.4 Å². The number of para-hydroxylation sites is 1. The quantitative estimate of drug-likeness (QED) is 0.0470. The Kier molecular flexibility index (Phi) is 15.2. The van der Waals surface area contributed by atoms with E-state index < -0.39 is 31.4 Å². The number of carbonyl (C=O) groups is 1. The molecule has 2 aliphatic heterocycles. The minimum Gasteiger partial charge on any atom is -0.492 e. The van der Waals surface area contributed by atoms with Gasteiger partial charge in [-0.3, -0.25) is 19.8 Å². The van der Waals surface area contributed by atoms with Crippen molar-refractivity contribution >= 4 is 44.6 Å². The van der Waals surface area contributed by atoms with Gasteiger partial charge in [0, 0.05) is 68.7 Å². The summed E-state index contributed by atoms with van der Waals surface area (Å²) in [7, 11) is -0.495. The normalized spacial score (nSPS) is 14.8. The van der Waals surface area contributed by atoms with Gasteiger partial charge < -0.3 is 29.5 Å². The van der Waals surface area contributed by atoms with E-state index in [0.29, 0.717) is 43.6 Å². The first-order valence-corrected chi connectivity index (χ1v) is 23.1. The van der Waals surface area contributed by atoms with E-state index in [1.165, 1.54) is 25.0 Å². The number of amides is 1. The highest BCUT2D eigenvalue weighted by Gasteiger charge is 2.27. The second-order valence-corrected chi connectivity index (χ2v) is 18.2. The van der Waals surface area contributed by atoms with Crippen LogP contribution in [0.3, 0.4) is 0 Å². The van der Waals surface area contributed by atoms with Gasteiger partial charge in [0.25, 0.3) is 21.6 Å². The molecule has 1 amide bonds. The van der Waals surface area contributed by atoms with Crippen molar-refractivity contribution in [2.45, 2.75) is 30.7 Å². The van der Waals surface area contributed by atoms with Crippen LogP contribution in [0.1, 0.15) is 35.2 Å². The average molecular weight is 897 g/mol. The number of halogens is 1. The van der Waals surface area contributed by atoms with Crippen molar-refractivity contribution in [1.82, 2.24) is 19.4 Å². The molecule has 16 heteroatoms. The molecule has 2 fully saturated rings. The fraction of sp³-hybridized carbons (Fsp3) is 0.340. The van der Waals surface area contributed by atoms with Crippen LogP contribution in [0.2, 0.25) is 5.02 Å². The Balaban J connectivity index is 1.05. The monoisotopic (exact) mass is 895 g/mol. The number of sulfonamides is 1. The SMILES string of the molecule is CN(C)CCOc1ccc(-c2ccc(Cl)cc2)c(CN2CCN(c3ccc(C(=O)NS(=O)(=O)c4ccc(NCCCN5CCCC5)c([N+](=O)[O-])c4)c(Oc4ccccc4)c3)CC2)c1. The maximum atomic E-state index is 13.8. The smallest absolute Gasteiger partial charge is 0.293 e. The third kappa shape index (κ3) is 12.3. The standard InChI is InChI=1S/C47H54ClN7O7S/c1-51(2)29-30-61-40-16-19-42(35-11-13-37(48)14-12-35)36(31-40)34-53-25-27-54(28-26-53)38-15-18-43(46(32-38)62-39-9-4-3-5-10-39)47(56)50-63(59,60)41-17-20-44(45(33-41)55(57)58)49-21-8-24-52-22-6-7-23-52/h3-5,9-20,31-33,49H,6-8,21-30,34H2,1-2H3,(H,50,56). The molecule has 0 aliphatic carbocycles. The van der Waals surface area contributed by atoms with Crippen molar-refractivity contribution in [3.8, 4) is 28.4 Å². The lowest BCUT2D eigenvalue weighted by molar-refractivity contribution is -0.384. The molecule has 14 nitrogen and oxygen atoms in total. The number of benzene rings is 5. The first-order chi connectivity index (χ1) is 30.4. The molecule has 2 aliphatic rings. The third-order valence-electron chi connectivity index (χ3n) is 11.2. The topological polar surface area (TPSA) is 150 Å². The molecule has 0 saturated carbocycles. The second-order valence-electron chi connectivity index (χ2n) is 16.0. The molecule has 63 heavy (non-hydrogen) atoms. The summed E-state index contributed by atoms with van der Waals surface area (Å²) < 4.78 is 41.7. The van der Waals surface area contributed by atoms with Gasteiger partial charge in [-0.15, -0.1) is 0 Å². The summed E-state index contributed by atoms with van der Waals surface area (Å²) in [5.41, 5.74) is 3.92. The fourth-order valence-electron chi connectivity index (χ4n) is 7.80. The minimum absolute atomic E-state index is 0.0157. The lowest BCUT2D eigenvalue weighted by atomic mass is 9.98. The molecule has 2 N–H and O–H groups in total. The van der Waals surface area contributed by atoms with E-state index in [0.717, 1.165) is 79.9 Å². The summed E-state index contributed by atoms with van der Waals surface area (Å²) in [6.07, 6.45) is 3.14.